The number of terminal acetylenes is 1. The first-order valence-corrected chi connectivity index (χ1v) is 3.77. The second kappa shape index (κ2) is 2.71. The lowest BCUT2D eigenvalue weighted by Gasteiger charge is -1.95. The lowest BCUT2D eigenvalue weighted by Crippen LogP contribution is -1.75. The van der Waals surface area contributed by atoms with Crippen LogP contribution in [0.15, 0.2) is 36.4 Å². The summed E-state index contributed by atoms with van der Waals surface area (Å²) in [4.78, 5) is 0. The van der Waals surface area contributed by atoms with Crippen molar-refractivity contribution in [3.63, 3.8) is 0 Å². The Kier molecular flexibility index (Phi) is 1.57. The Morgan fingerprint density at radius 3 is 2.92 bits per heavy atom. The fraction of sp³-hybridized carbons (Fsp3) is 0. The van der Waals surface area contributed by atoms with Crippen LogP contribution in [-0.4, -0.2) is 0 Å². The van der Waals surface area contributed by atoms with E-state index in [-0.39, 0.29) is 0 Å². The van der Waals surface area contributed by atoms with E-state index in [0.717, 1.165) is 16.3 Å². The zero-order valence-electron chi connectivity index (χ0n) is 6.54. The van der Waals surface area contributed by atoms with E-state index in [1.54, 1.807) is 0 Å². The van der Waals surface area contributed by atoms with E-state index in [9.17, 15) is 0 Å². The smallest absolute Gasteiger partial charge is 0.0255 e. The number of benzene rings is 2. The summed E-state index contributed by atoms with van der Waals surface area (Å²) in [6, 6.07) is 15.0. The predicted octanol–water partition coefficient (Wildman–Crippen LogP) is 2.62. The minimum atomic E-state index is 0.883. The van der Waals surface area contributed by atoms with Crippen LogP contribution in [0.4, 0.5) is 0 Å². The van der Waals surface area contributed by atoms with Gasteiger partial charge >= 0.3 is 0 Å². The van der Waals surface area contributed by atoms with Gasteiger partial charge in [-0.05, 0) is 29.0 Å². The van der Waals surface area contributed by atoms with E-state index in [1.807, 2.05) is 36.4 Å². The quantitative estimate of drug-likeness (QED) is 0.508. The van der Waals surface area contributed by atoms with Crippen molar-refractivity contribution in [1.29, 1.82) is 0 Å². The van der Waals surface area contributed by atoms with Gasteiger partial charge in [-0.1, -0.05) is 30.2 Å². The summed E-state index contributed by atoms with van der Waals surface area (Å²) in [7, 11) is 0. The summed E-state index contributed by atoms with van der Waals surface area (Å²) in [5.74, 6) is 2.59. The first kappa shape index (κ1) is 6.94. The van der Waals surface area contributed by atoms with Crippen LogP contribution in [0.1, 0.15) is 5.56 Å². The van der Waals surface area contributed by atoms with E-state index < -0.39 is 0 Å². The summed E-state index contributed by atoms with van der Waals surface area (Å²) in [6.45, 7) is 0. The molecule has 2 aromatic carbocycles. The van der Waals surface area contributed by atoms with E-state index in [4.69, 9.17) is 6.42 Å². The second-order valence-electron chi connectivity index (χ2n) is 2.62. The van der Waals surface area contributed by atoms with Crippen molar-refractivity contribution in [2.75, 3.05) is 0 Å². The SMILES string of the molecule is C#Cc1c[c]c2ccccc2c1. The van der Waals surface area contributed by atoms with Gasteiger partial charge < -0.3 is 0 Å². The molecule has 0 aliphatic carbocycles. The summed E-state index contributed by atoms with van der Waals surface area (Å²) in [5, 5.41) is 2.25. The Bertz CT molecular complexity index is 447. The highest BCUT2D eigenvalue weighted by atomic mass is 13.9. The van der Waals surface area contributed by atoms with Crippen molar-refractivity contribution in [2.45, 2.75) is 0 Å². The Morgan fingerprint density at radius 1 is 1.25 bits per heavy atom. The molecule has 0 unspecified atom stereocenters. The van der Waals surface area contributed by atoms with Crippen molar-refractivity contribution in [1.82, 2.24) is 0 Å². The predicted molar refractivity (Wildman–Crippen MR) is 50.7 cm³/mol. The van der Waals surface area contributed by atoms with Gasteiger partial charge in [0.25, 0.3) is 0 Å². The van der Waals surface area contributed by atoms with Crippen molar-refractivity contribution in [3.05, 3.63) is 48.0 Å². The third-order valence-corrected chi connectivity index (χ3v) is 1.82. The van der Waals surface area contributed by atoms with Crippen molar-refractivity contribution in [3.8, 4) is 12.3 Å². The highest BCUT2D eigenvalue weighted by molar-refractivity contribution is 5.83. The Hall–Kier alpha value is -1.74. The van der Waals surface area contributed by atoms with Crippen molar-refractivity contribution in [2.24, 2.45) is 0 Å². The Labute approximate surface area is 71.8 Å². The summed E-state index contributed by atoms with van der Waals surface area (Å²) >= 11 is 0. The molecule has 0 nitrogen and oxygen atoms in total. The highest BCUT2D eigenvalue weighted by Crippen LogP contribution is 2.13. The van der Waals surface area contributed by atoms with E-state index in [2.05, 4.69) is 12.0 Å². The zero-order valence-corrected chi connectivity index (χ0v) is 6.54. The normalized spacial score (nSPS) is 9.58. The molecular weight excluding hydrogens is 144 g/mol. The van der Waals surface area contributed by atoms with Crippen LogP contribution < -0.4 is 0 Å². The maximum Gasteiger partial charge on any atom is 0.0255 e. The third-order valence-electron chi connectivity index (χ3n) is 1.82. The summed E-state index contributed by atoms with van der Waals surface area (Å²) in [5.41, 5.74) is 0.883. The fourth-order valence-electron chi connectivity index (χ4n) is 1.20. The molecule has 1 radical (unpaired) electrons. The third kappa shape index (κ3) is 1.06. The van der Waals surface area contributed by atoms with Crippen LogP contribution in [0.3, 0.4) is 0 Å². The van der Waals surface area contributed by atoms with Crippen LogP contribution in [0, 0.1) is 18.4 Å². The molecule has 0 heterocycles. The van der Waals surface area contributed by atoms with E-state index in [0.29, 0.717) is 0 Å². The van der Waals surface area contributed by atoms with E-state index in [1.165, 1.54) is 0 Å². The maximum atomic E-state index is 5.27. The van der Waals surface area contributed by atoms with Crippen LogP contribution in [0.2, 0.25) is 0 Å². The topological polar surface area (TPSA) is 0 Å². The standard InChI is InChI=1S/C12H7/c1-2-10-7-8-11-5-3-4-6-12(11)9-10/h1,3-7,9H. The molecule has 0 atom stereocenters. The van der Waals surface area contributed by atoms with Crippen molar-refractivity contribution >= 4 is 10.8 Å². The van der Waals surface area contributed by atoms with Crippen LogP contribution in [-0.2, 0) is 0 Å². The number of rotatable bonds is 0. The largest absolute Gasteiger partial charge is 0.115 e. The molecule has 0 amide bonds. The zero-order chi connectivity index (χ0) is 8.39. The van der Waals surface area contributed by atoms with Gasteiger partial charge in [-0.15, -0.1) is 6.42 Å². The van der Waals surface area contributed by atoms with Gasteiger partial charge in [0.05, 0.1) is 0 Å². The fourth-order valence-corrected chi connectivity index (χ4v) is 1.20. The van der Waals surface area contributed by atoms with Gasteiger partial charge in [0.2, 0.25) is 0 Å². The molecule has 0 fully saturated rings. The molecule has 0 bridgehead atoms. The minimum absolute atomic E-state index is 0.883. The van der Waals surface area contributed by atoms with Crippen molar-refractivity contribution < 1.29 is 0 Å². The summed E-state index contributed by atoms with van der Waals surface area (Å²) < 4.78 is 0. The Morgan fingerprint density at radius 2 is 2.08 bits per heavy atom. The average molecular weight is 151 g/mol. The number of hydrogen-bond donors (Lipinski definition) is 0. The summed E-state index contributed by atoms with van der Waals surface area (Å²) in [6.07, 6.45) is 5.27. The van der Waals surface area contributed by atoms with Gasteiger partial charge in [0, 0.05) is 5.56 Å². The maximum absolute atomic E-state index is 5.27. The number of fused-ring (bicyclic) bond motifs is 1. The van der Waals surface area contributed by atoms with E-state index >= 15 is 0 Å². The minimum Gasteiger partial charge on any atom is -0.115 e. The molecule has 0 heteroatoms. The lowest BCUT2D eigenvalue weighted by molar-refractivity contribution is 1.69. The molecule has 12 heavy (non-hydrogen) atoms. The average Bonchev–Trinajstić information content (AvgIpc) is 2.17. The monoisotopic (exact) mass is 151 g/mol. The molecule has 0 aliphatic rings. The molecule has 0 spiro atoms. The Balaban J connectivity index is 2.78. The lowest BCUT2D eigenvalue weighted by atomic mass is 10.1. The van der Waals surface area contributed by atoms with Gasteiger partial charge in [0.1, 0.15) is 0 Å². The molecule has 2 rings (SSSR count). The van der Waals surface area contributed by atoms with Crippen LogP contribution in [0.5, 0.6) is 0 Å². The van der Waals surface area contributed by atoms with Crippen LogP contribution >= 0.6 is 0 Å². The van der Waals surface area contributed by atoms with Crippen LogP contribution in [0.25, 0.3) is 10.8 Å². The molecule has 0 N–H and O–H groups in total. The first-order chi connectivity index (χ1) is 5.90. The molecule has 0 saturated heterocycles. The van der Waals surface area contributed by atoms with Gasteiger partial charge in [0.15, 0.2) is 0 Å². The molecule has 0 aliphatic heterocycles. The molecule has 2 aromatic rings. The van der Waals surface area contributed by atoms with Gasteiger partial charge in [-0.25, -0.2) is 0 Å². The second-order valence-corrected chi connectivity index (χ2v) is 2.62. The molecule has 55 valence electrons. The molecule has 0 aromatic heterocycles. The first-order valence-electron chi connectivity index (χ1n) is 3.77. The molecular formula is C12H7. The molecule has 0 saturated carbocycles. The van der Waals surface area contributed by atoms with Gasteiger partial charge in [-0.2, -0.15) is 0 Å². The highest BCUT2D eigenvalue weighted by Gasteiger charge is 1.91. The van der Waals surface area contributed by atoms with Gasteiger partial charge in [-0.3, -0.25) is 0 Å². The number of hydrogen-bond acceptors (Lipinski definition) is 0.